The second kappa shape index (κ2) is 27.8. The van der Waals surface area contributed by atoms with Crippen LogP contribution in [0.3, 0.4) is 0 Å². The van der Waals surface area contributed by atoms with Gasteiger partial charge in [-0.2, -0.15) is 0 Å². The van der Waals surface area contributed by atoms with E-state index in [4.69, 9.17) is 0 Å². The molecule has 18 heteroatoms. The van der Waals surface area contributed by atoms with Crippen LogP contribution in [-0.2, 0) is 51.2 Å². The molecule has 2 aromatic carbocycles. The van der Waals surface area contributed by atoms with E-state index in [0.29, 0.717) is 25.7 Å². The van der Waals surface area contributed by atoms with Crippen LogP contribution < -0.4 is 31.9 Å². The van der Waals surface area contributed by atoms with Crippen molar-refractivity contribution in [3.8, 4) is 0 Å². The number of unbranched alkanes of at least 4 members (excludes halogenated alkanes) is 5. The number of amides is 8. The zero-order valence-corrected chi connectivity index (χ0v) is 48.4. The molecule has 430 valence electrons. The molecule has 0 spiro atoms. The minimum Gasteiger partial charge on any atom is -0.347 e. The highest BCUT2D eigenvalue weighted by Crippen LogP contribution is 2.33. The standard InChI is InChI=1S/C60H92N10O8/c1-39(61-9)53(73)65-51(59(3,4)5)57(77)69-35-33-67(37-47(69)55(75)63-45-29-21-25-41-23-17-19-27-43(41)45)49(71)31-15-13-11-12-14-16-32-50(72)68-34-36-70(58(78)52(60(6,7)8)66-54(74)40(2)62-10)48(38-68)56(76)64-46-30-22-26-42-24-18-20-28-44(42)46/h17-20,23-24,27-28,39-40,45-48,51-52,61-62H,11-16,21-22,25-26,29-38H2,1-10H3,(H,63,75)(H,64,76)(H,65,73)(H,66,74)/t39-,40-,45+,46+,47-,48-,51+,52+/m0/s1. The smallest absolute Gasteiger partial charge is 0.246 e. The zero-order valence-electron chi connectivity index (χ0n) is 48.4. The van der Waals surface area contributed by atoms with Crippen molar-refractivity contribution in [3.63, 3.8) is 0 Å². The molecule has 78 heavy (non-hydrogen) atoms. The number of benzene rings is 2. The first-order valence-electron chi connectivity index (χ1n) is 28.9. The number of rotatable bonds is 21. The van der Waals surface area contributed by atoms with E-state index in [-0.39, 0.29) is 98.6 Å². The summed E-state index contributed by atoms with van der Waals surface area (Å²) in [6, 6.07) is 11.0. The number of nitrogens with one attached hydrogen (secondary N) is 6. The molecule has 2 aliphatic heterocycles. The van der Waals surface area contributed by atoms with Crippen molar-refractivity contribution >= 4 is 47.3 Å². The van der Waals surface area contributed by atoms with Gasteiger partial charge in [0.25, 0.3) is 0 Å². The molecule has 2 heterocycles. The lowest BCUT2D eigenvalue weighted by molar-refractivity contribution is -0.152. The van der Waals surface area contributed by atoms with E-state index in [0.717, 1.165) is 75.3 Å². The summed E-state index contributed by atoms with van der Waals surface area (Å²) in [5.41, 5.74) is 3.19. The summed E-state index contributed by atoms with van der Waals surface area (Å²) >= 11 is 0. The Morgan fingerprint density at radius 3 is 1.24 bits per heavy atom. The summed E-state index contributed by atoms with van der Waals surface area (Å²) in [5.74, 6) is -2.13. The zero-order chi connectivity index (χ0) is 56.9. The van der Waals surface area contributed by atoms with E-state index in [9.17, 15) is 38.4 Å². The minimum atomic E-state index is -0.947. The van der Waals surface area contributed by atoms with Gasteiger partial charge in [-0.25, -0.2) is 0 Å². The van der Waals surface area contributed by atoms with Gasteiger partial charge in [0.15, 0.2) is 0 Å². The first-order valence-corrected chi connectivity index (χ1v) is 28.9. The molecule has 4 aliphatic rings. The molecule has 0 unspecified atom stereocenters. The van der Waals surface area contributed by atoms with E-state index in [1.54, 1.807) is 47.5 Å². The second-order valence-corrected chi connectivity index (χ2v) is 24.3. The van der Waals surface area contributed by atoms with Gasteiger partial charge in [0.1, 0.15) is 24.2 Å². The topological polar surface area (TPSA) is 222 Å². The molecule has 0 aromatic heterocycles. The van der Waals surface area contributed by atoms with Crippen LogP contribution in [0.25, 0.3) is 0 Å². The van der Waals surface area contributed by atoms with Crippen molar-refractivity contribution in [3.05, 3.63) is 70.8 Å². The number of likely N-dealkylation sites (N-methyl/N-ethyl adjacent to an activating group) is 2. The number of hydrogen-bond acceptors (Lipinski definition) is 10. The molecule has 6 rings (SSSR count). The van der Waals surface area contributed by atoms with Crippen LogP contribution in [0, 0.1) is 10.8 Å². The van der Waals surface area contributed by atoms with Gasteiger partial charge in [-0.05, 0) is 112 Å². The van der Waals surface area contributed by atoms with E-state index in [1.165, 1.54) is 11.1 Å². The van der Waals surface area contributed by atoms with Crippen molar-refractivity contribution in [1.82, 2.24) is 51.5 Å². The number of aryl methyl sites for hydroxylation is 2. The van der Waals surface area contributed by atoms with Gasteiger partial charge < -0.3 is 51.5 Å². The van der Waals surface area contributed by atoms with Crippen LogP contribution in [0.15, 0.2) is 48.5 Å². The molecule has 2 saturated heterocycles. The van der Waals surface area contributed by atoms with Crippen molar-refractivity contribution < 1.29 is 38.4 Å². The predicted molar refractivity (Wildman–Crippen MR) is 301 cm³/mol. The molecule has 2 aliphatic carbocycles. The van der Waals surface area contributed by atoms with Crippen LogP contribution >= 0.6 is 0 Å². The first-order chi connectivity index (χ1) is 37.0. The fraction of sp³-hybridized carbons (Fsp3) is 0.667. The van der Waals surface area contributed by atoms with Crippen LogP contribution in [-0.4, -0.2) is 156 Å². The molecule has 0 saturated carbocycles. The maximum atomic E-state index is 14.5. The Kier molecular flexibility index (Phi) is 21.9. The van der Waals surface area contributed by atoms with Crippen LogP contribution in [0.5, 0.6) is 0 Å². The summed E-state index contributed by atoms with van der Waals surface area (Å²) in [5, 5.41) is 18.2. The highest BCUT2D eigenvalue weighted by atomic mass is 16.2. The fourth-order valence-electron chi connectivity index (χ4n) is 11.3. The van der Waals surface area contributed by atoms with Crippen LogP contribution in [0.1, 0.15) is 167 Å². The number of piperazine rings is 2. The Morgan fingerprint density at radius 1 is 0.526 bits per heavy atom. The molecular formula is C60H92N10O8. The third-order valence-corrected chi connectivity index (χ3v) is 16.5. The van der Waals surface area contributed by atoms with E-state index in [1.807, 2.05) is 77.9 Å². The van der Waals surface area contributed by atoms with Gasteiger partial charge in [0, 0.05) is 39.0 Å². The average Bonchev–Trinajstić information content (AvgIpc) is 3.43. The Hall–Kier alpha value is -5.88. The molecule has 2 fully saturated rings. The lowest BCUT2D eigenvalue weighted by Crippen LogP contribution is -2.66. The molecule has 0 bridgehead atoms. The van der Waals surface area contributed by atoms with Gasteiger partial charge >= 0.3 is 0 Å². The SMILES string of the molecule is CN[C@@H](C)C(=O)N[C@H](C(=O)N1CCN(C(=O)CCCCCCCCC(=O)N2CCN(C(=O)[C@@H](NC(=O)[C@H](C)NC)C(C)(C)C)[C@H](C(=O)N[C@@H]3CCCc4ccccc43)C2)C[C@H]1C(=O)N[C@@H]1CCCc2ccccc21)C(C)(C)C. The molecular weight excluding hydrogens is 989 g/mol. The maximum Gasteiger partial charge on any atom is 0.246 e. The Labute approximate surface area is 464 Å². The van der Waals surface area contributed by atoms with E-state index >= 15 is 0 Å². The lowest BCUT2D eigenvalue weighted by atomic mass is 9.85. The van der Waals surface area contributed by atoms with Crippen molar-refractivity contribution in [2.45, 2.75) is 194 Å². The van der Waals surface area contributed by atoms with Crippen LogP contribution in [0.4, 0.5) is 0 Å². The molecule has 8 atom stereocenters. The highest BCUT2D eigenvalue weighted by Gasteiger charge is 2.46. The van der Waals surface area contributed by atoms with Gasteiger partial charge in [0.05, 0.1) is 37.3 Å². The molecule has 2 aromatic rings. The third-order valence-electron chi connectivity index (χ3n) is 16.5. The fourth-order valence-corrected chi connectivity index (χ4v) is 11.3. The number of carbonyl (C=O) groups is 8. The summed E-state index contributed by atoms with van der Waals surface area (Å²) in [4.78, 5) is 118. The summed E-state index contributed by atoms with van der Waals surface area (Å²) < 4.78 is 0. The Morgan fingerprint density at radius 2 is 0.885 bits per heavy atom. The summed E-state index contributed by atoms with van der Waals surface area (Å²) in [6.07, 6.45) is 10.5. The Bertz CT molecular complexity index is 2270. The molecule has 0 radical (unpaired) electrons. The number of carbonyl (C=O) groups excluding carboxylic acids is 8. The molecule has 8 amide bonds. The average molecular weight is 1080 g/mol. The number of hydrogen-bond donors (Lipinski definition) is 6. The summed E-state index contributed by atoms with van der Waals surface area (Å²) in [6.45, 7) is 15.7. The lowest BCUT2D eigenvalue weighted by Gasteiger charge is -2.44. The van der Waals surface area contributed by atoms with Crippen molar-refractivity contribution in [1.29, 1.82) is 0 Å². The van der Waals surface area contributed by atoms with Crippen LogP contribution in [0.2, 0.25) is 0 Å². The monoisotopic (exact) mass is 1080 g/mol. The minimum absolute atomic E-state index is 0.0499. The predicted octanol–water partition coefficient (Wildman–Crippen LogP) is 4.85. The van der Waals surface area contributed by atoms with Gasteiger partial charge in [-0.3, -0.25) is 38.4 Å². The highest BCUT2D eigenvalue weighted by molar-refractivity contribution is 5.96. The van der Waals surface area contributed by atoms with Gasteiger partial charge in [-0.1, -0.05) is 116 Å². The van der Waals surface area contributed by atoms with E-state index in [2.05, 4.69) is 44.0 Å². The van der Waals surface area contributed by atoms with Gasteiger partial charge in [-0.15, -0.1) is 0 Å². The number of fused-ring (bicyclic) bond motifs is 2. The first kappa shape index (κ1) is 61.3. The molecule has 6 N–H and O–H groups in total. The largest absolute Gasteiger partial charge is 0.347 e. The maximum absolute atomic E-state index is 14.5. The normalized spacial score (nSPS) is 21.2. The third kappa shape index (κ3) is 15.9. The molecule has 18 nitrogen and oxygen atoms in total. The second-order valence-electron chi connectivity index (χ2n) is 24.3. The van der Waals surface area contributed by atoms with Gasteiger partial charge in [0.2, 0.25) is 47.3 Å². The van der Waals surface area contributed by atoms with Crippen molar-refractivity contribution in [2.24, 2.45) is 10.8 Å². The number of nitrogens with zero attached hydrogens (tertiary/aromatic N) is 4. The Balaban J connectivity index is 1.01. The van der Waals surface area contributed by atoms with Crippen molar-refractivity contribution in [2.75, 3.05) is 53.4 Å². The van der Waals surface area contributed by atoms with E-state index < -0.39 is 47.1 Å². The quantitative estimate of drug-likeness (QED) is 0.0934. The summed E-state index contributed by atoms with van der Waals surface area (Å²) in [7, 11) is 3.36.